The van der Waals surface area contributed by atoms with Crippen LogP contribution < -0.4 is 19.9 Å². The first-order valence-electron chi connectivity index (χ1n) is 13.8. The van der Waals surface area contributed by atoms with Gasteiger partial charge in [0.2, 0.25) is 0 Å². The van der Waals surface area contributed by atoms with Crippen LogP contribution in [0, 0.1) is 5.82 Å². The van der Waals surface area contributed by atoms with Gasteiger partial charge in [-0.1, -0.05) is 28.1 Å². The first-order chi connectivity index (χ1) is 21.7. The van der Waals surface area contributed by atoms with Crippen molar-refractivity contribution in [3.63, 3.8) is 0 Å². The fourth-order valence-electron chi connectivity index (χ4n) is 5.11. The second kappa shape index (κ2) is 13.1. The Kier molecular flexibility index (Phi) is 9.38. The molecule has 0 bridgehead atoms. The first-order valence-corrected chi connectivity index (χ1v) is 14.6. The molecule has 14 heteroatoms. The standard InChI is InChI=1S/C32H25BrF7N3O3/c33-20-7-10-29(23(16-20)30(44)45)46-28-6-2-5-26(34)24(28)18-41-21-8-9-27(25(17-21)32(38,39)40)43-13-11-42(12-14-43)22-4-1-3-19(15-22)31(35,36)37/h1-10,15-17,41H,11-14,18H2,(H,44,45). The molecule has 6 nitrogen and oxygen atoms in total. The van der Waals surface area contributed by atoms with Gasteiger partial charge in [0.1, 0.15) is 22.9 Å². The summed E-state index contributed by atoms with van der Waals surface area (Å²) in [5.74, 6) is -2.07. The van der Waals surface area contributed by atoms with E-state index in [1.807, 2.05) is 0 Å². The van der Waals surface area contributed by atoms with E-state index in [2.05, 4.69) is 21.2 Å². The number of anilines is 3. The van der Waals surface area contributed by atoms with Crippen molar-refractivity contribution in [1.29, 1.82) is 0 Å². The largest absolute Gasteiger partial charge is 0.478 e. The molecular formula is C32H25BrF7N3O3. The Balaban J connectivity index is 1.33. The summed E-state index contributed by atoms with van der Waals surface area (Å²) < 4.78 is 103. The maximum atomic E-state index is 14.9. The third-order valence-corrected chi connectivity index (χ3v) is 7.89. The number of aromatic carboxylic acids is 1. The van der Waals surface area contributed by atoms with Gasteiger partial charge in [0, 0.05) is 59.8 Å². The minimum absolute atomic E-state index is 0.0244. The van der Waals surface area contributed by atoms with Crippen molar-refractivity contribution in [1.82, 2.24) is 0 Å². The summed E-state index contributed by atoms with van der Waals surface area (Å²) >= 11 is 3.19. The minimum atomic E-state index is -4.74. The van der Waals surface area contributed by atoms with E-state index in [1.165, 1.54) is 53.4 Å². The number of carboxylic acids is 1. The lowest BCUT2D eigenvalue weighted by Gasteiger charge is -2.38. The number of carbonyl (C=O) groups is 1. The van der Waals surface area contributed by atoms with Crippen molar-refractivity contribution < 1.29 is 45.4 Å². The van der Waals surface area contributed by atoms with Crippen molar-refractivity contribution in [2.24, 2.45) is 0 Å². The molecule has 4 aromatic carbocycles. The van der Waals surface area contributed by atoms with E-state index in [1.54, 1.807) is 11.0 Å². The van der Waals surface area contributed by atoms with Crippen molar-refractivity contribution in [2.45, 2.75) is 18.9 Å². The summed E-state index contributed by atoms with van der Waals surface area (Å²) in [5, 5.41) is 12.3. The molecule has 0 saturated carbocycles. The molecule has 0 radical (unpaired) electrons. The zero-order chi connectivity index (χ0) is 33.2. The highest BCUT2D eigenvalue weighted by Gasteiger charge is 2.36. The van der Waals surface area contributed by atoms with Gasteiger partial charge >= 0.3 is 18.3 Å². The predicted octanol–water partition coefficient (Wildman–Crippen LogP) is 9.05. The molecule has 2 N–H and O–H groups in total. The highest BCUT2D eigenvalue weighted by atomic mass is 79.9. The van der Waals surface area contributed by atoms with Crippen LogP contribution >= 0.6 is 15.9 Å². The van der Waals surface area contributed by atoms with E-state index < -0.39 is 35.3 Å². The number of nitrogens with zero attached hydrogens (tertiary/aromatic N) is 2. The lowest BCUT2D eigenvalue weighted by atomic mass is 10.1. The van der Waals surface area contributed by atoms with Crippen molar-refractivity contribution in [3.8, 4) is 11.5 Å². The fraction of sp³-hybridized carbons (Fsp3) is 0.219. The van der Waals surface area contributed by atoms with Gasteiger partial charge in [-0.3, -0.25) is 0 Å². The highest BCUT2D eigenvalue weighted by molar-refractivity contribution is 9.10. The molecule has 0 aromatic heterocycles. The summed E-state index contributed by atoms with van der Waals surface area (Å²) in [7, 11) is 0. The van der Waals surface area contributed by atoms with Gasteiger partial charge < -0.3 is 25.0 Å². The van der Waals surface area contributed by atoms with E-state index in [4.69, 9.17) is 4.74 Å². The Bertz CT molecular complexity index is 1740. The number of halogens is 8. The maximum absolute atomic E-state index is 14.9. The van der Waals surface area contributed by atoms with Crippen LogP contribution in [0.3, 0.4) is 0 Å². The lowest BCUT2D eigenvalue weighted by molar-refractivity contribution is -0.138. The van der Waals surface area contributed by atoms with Crippen LogP contribution in [0.5, 0.6) is 11.5 Å². The molecule has 1 fully saturated rings. The predicted molar refractivity (Wildman–Crippen MR) is 162 cm³/mol. The van der Waals surface area contributed by atoms with E-state index >= 15 is 0 Å². The minimum Gasteiger partial charge on any atom is -0.478 e. The van der Waals surface area contributed by atoms with Crippen LogP contribution in [0.25, 0.3) is 0 Å². The van der Waals surface area contributed by atoms with Crippen LogP contribution in [0.15, 0.2) is 83.3 Å². The highest BCUT2D eigenvalue weighted by Crippen LogP contribution is 2.40. The Morgan fingerprint density at radius 1 is 0.826 bits per heavy atom. The molecule has 4 aromatic rings. The molecule has 5 rings (SSSR count). The number of rotatable bonds is 8. The number of ether oxygens (including phenoxy) is 1. The molecule has 0 atom stereocenters. The summed E-state index contributed by atoms with van der Waals surface area (Å²) in [6.07, 6.45) is -9.26. The smallest absolute Gasteiger partial charge is 0.418 e. The van der Waals surface area contributed by atoms with Gasteiger partial charge in [-0.25, -0.2) is 9.18 Å². The number of benzene rings is 4. The molecule has 1 aliphatic heterocycles. The maximum Gasteiger partial charge on any atom is 0.418 e. The molecule has 0 amide bonds. The summed E-state index contributed by atoms with van der Waals surface area (Å²) in [5.41, 5.74) is -1.67. The van der Waals surface area contributed by atoms with Crippen LogP contribution in [0.2, 0.25) is 0 Å². The number of alkyl halides is 6. The van der Waals surface area contributed by atoms with Gasteiger partial charge in [-0.15, -0.1) is 0 Å². The lowest BCUT2D eigenvalue weighted by Crippen LogP contribution is -2.47. The van der Waals surface area contributed by atoms with Crippen molar-refractivity contribution >= 4 is 39.0 Å². The molecule has 0 spiro atoms. The zero-order valence-corrected chi connectivity index (χ0v) is 25.3. The third kappa shape index (κ3) is 7.49. The molecule has 1 aliphatic rings. The molecule has 46 heavy (non-hydrogen) atoms. The Labute approximate surface area is 267 Å². The summed E-state index contributed by atoms with van der Waals surface area (Å²) in [6.45, 7) is 0.396. The first kappa shape index (κ1) is 32.9. The van der Waals surface area contributed by atoms with Crippen molar-refractivity contribution in [3.05, 3.63) is 111 Å². The SMILES string of the molecule is O=C(O)c1cc(Br)ccc1Oc1cccc(F)c1CNc1ccc(N2CCN(c3cccc(C(F)(F)F)c3)CC2)c(C(F)(F)F)c1. The second-order valence-electron chi connectivity index (χ2n) is 10.4. The summed E-state index contributed by atoms with van der Waals surface area (Å²) in [6, 6.07) is 16.6. The number of hydrogen-bond donors (Lipinski definition) is 2. The van der Waals surface area contributed by atoms with Crippen LogP contribution in [0.4, 0.5) is 47.8 Å². The third-order valence-electron chi connectivity index (χ3n) is 7.40. The Morgan fingerprint density at radius 2 is 1.52 bits per heavy atom. The van der Waals surface area contributed by atoms with E-state index in [0.29, 0.717) is 10.2 Å². The van der Waals surface area contributed by atoms with Crippen LogP contribution in [0.1, 0.15) is 27.0 Å². The molecular weight excluding hydrogens is 687 g/mol. The van der Waals surface area contributed by atoms with Gasteiger partial charge in [0.25, 0.3) is 0 Å². The summed E-state index contributed by atoms with van der Waals surface area (Å²) in [4.78, 5) is 14.9. The topological polar surface area (TPSA) is 65.0 Å². The van der Waals surface area contributed by atoms with Gasteiger partial charge in [-0.05, 0) is 66.7 Å². The van der Waals surface area contributed by atoms with Crippen molar-refractivity contribution in [2.75, 3.05) is 41.3 Å². The molecule has 0 aliphatic carbocycles. The van der Waals surface area contributed by atoms with Crippen LogP contribution in [-0.4, -0.2) is 37.3 Å². The quantitative estimate of drug-likeness (QED) is 0.178. The van der Waals surface area contributed by atoms with Gasteiger partial charge in [0.15, 0.2) is 0 Å². The van der Waals surface area contributed by atoms with Gasteiger partial charge in [-0.2, -0.15) is 26.3 Å². The normalized spacial score (nSPS) is 13.9. The molecule has 242 valence electrons. The van der Waals surface area contributed by atoms with Crippen LogP contribution in [-0.2, 0) is 18.9 Å². The number of nitrogens with one attached hydrogen (secondary N) is 1. The Morgan fingerprint density at radius 3 is 2.20 bits per heavy atom. The van der Waals surface area contributed by atoms with E-state index in [9.17, 15) is 40.6 Å². The molecule has 0 unspecified atom stereocenters. The Hall–Kier alpha value is -4.46. The molecule has 1 saturated heterocycles. The number of piperazine rings is 1. The fourth-order valence-corrected chi connectivity index (χ4v) is 5.47. The van der Waals surface area contributed by atoms with E-state index in [0.717, 1.165) is 24.3 Å². The van der Waals surface area contributed by atoms with E-state index in [-0.39, 0.29) is 66.7 Å². The van der Waals surface area contributed by atoms with Gasteiger partial charge in [0.05, 0.1) is 11.1 Å². The molecule has 1 heterocycles. The monoisotopic (exact) mass is 711 g/mol. The second-order valence-corrected chi connectivity index (χ2v) is 11.3. The number of hydrogen-bond acceptors (Lipinski definition) is 5. The average molecular weight is 712 g/mol. The average Bonchev–Trinajstić information content (AvgIpc) is 3.01. The number of carboxylic acid groups (broad SMARTS) is 1. The zero-order valence-electron chi connectivity index (χ0n) is 23.7.